The van der Waals surface area contributed by atoms with E-state index in [0.29, 0.717) is 10.6 Å². The van der Waals surface area contributed by atoms with Gasteiger partial charge in [-0.25, -0.2) is 4.98 Å². The number of nitrogens with one attached hydrogen (secondary N) is 1. The lowest BCUT2D eigenvalue weighted by Gasteiger charge is -2.14. The maximum absolute atomic E-state index is 12.6. The van der Waals surface area contributed by atoms with Crippen molar-refractivity contribution in [3.05, 3.63) is 52.7 Å². The van der Waals surface area contributed by atoms with Crippen molar-refractivity contribution in [2.75, 3.05) is 5.32 Å². The number of hydrogen-bond acceptors (Lipinski definition) is 4. The van der Waals surface area contributed by atoms with Crippen molar-refractivity contribution in [2.24, 2.45) is 0 Å². The van der Waals surface area contributed by atoms with E-state index in [-0.39, 0.29) is 11.2 Å². The average Bonchev–Trinajstić information content (AvgIpc) is 2.62. The number of aryl methyl sites for hydroxylation is 3. The van der Waals surface area contributed by atoms with Crippen molar-refractivity contribution in [1.29, 1.82) is 5.26 Å². The molecule has 1 heterocycles. The molecule has 0 spiro atoms. The third-order valence-electron chi connectivity index (χ3n) is 4.12. The van der Waals surface area contributed by atoms with Gasteiger partial charge < -0.3 is 5.32 Å². The summed E-state index contributed by atoms with van der Waals surface area (Å²) in [6.07, 6.45) is 3.05. The van der Waals surface area contributed by atoms with Crippen molar-refractivity contribution >= 4 is 23.4 Å². The Morgan fingerprint density at radius 1 is 1.31 bits per heavy atom. The molecule has 26 heavy (non-hydrogen) atoms. The zero-order valence-corrected chi connectivity index (χ0v) is 16.6. The molecule has 0 aliphatic heterocycles. The quantitative estimate of drug-likeness (QED) is 0.697. The van der Waals surface area contributed by atoms with E-state index in [1.807, 2.05) is 45.0 Å². The number of nitrogens with zero attached hydrogens (tertiary/aromatic N) is 2. The van der Waals surface area contributed by atoms with Crippen LogP contribution in [0.3, 0.4) is 0 Å². The van der Waals surface area contributed by atoms with Crippen molar-refractivity contribution < 1.29 is 4.79 Å². The number of unbranched alkanes of at least 4 members (excludes halogenated alkanes) is 1. The van der Waals surface area contributed by atoms with Gasteiger partial charge in [0, 0.05) is 11.4 Å². The minimum absolute atomic E-state index is 0.0911. The number of anilines is 1. The van der Waals surface area contributed by atoms with Crippen LogP contribution in [0, 0.1) is 25.2 Å². The fraction of sp³-hybridized carbons (Fsp3) is 0.381. The van der Waals surface area contributed by atoms with Crippen LogP contribution in [0.1, 0.15) is 49.1 Å². The molecule has 0 saturated carbocycles. The second kappa shape index (κ2) is 9.40. The Morgan fingerprint density at radius 3 is 2.73 bits per heavy atom. The Labute approximate surface area is 160 Å². The van der Waals surface area contributed by atoms with Crippen molar-refractivity contribution in [3.8, 4) is 6.07 Å². The maximum atomic E-state index is 12.6. The van der Waals surface area contributed by atoms with Crippen LogP contribution >= 0.6 is 11.8 Å². The second-order valence-corrected chi connectivity index (χ2v) is 7.77. The summed E-state index contributed by atoms with van der Waals surface area (Å²) >= 11 is 1.33. The normalized spacial score (nSPS) is 11.7. The lowest BCUT2D eigenvalue weighted by molar-refractivity contribution is -0.115. The summed E-state index contributed by atoms with van der Waals surface area (Å²) in [4.78, 5) is 17.2. The first-order chi connectivity index (χ1) is 12.4. The molecule has 0 aliphatic carbocycles. The number of pyridine rings is 1. The summed E-state index contributed by atoms with van der Waals surface area (Å²) in [5.41, 5.74) is 4.50. The predicted molar refractivity (Wildman–Crippen MR) is 107 cm³/mol. The smallest absolute Gasteiger partial charge is 0.237 e. The summed E-state index contributed by atoms with van der Waals surface area (Å²) in [5, 5.41) is 12.6. The zero-order chi connectivity index (χ0) is 19.1. The van der Waals surface area contributed by atoms with Gasteiger partial charge in [-0.1, -0.05) is 42.8 Å². The second-order valence-electron chi connectivity index (χ2n) is 6.44. The van der Waals surface area contributed by atoms with Gasteiger partial charge in [-0.2, -0.15) is 5.26 Å². The summed E-state index contributed by atoms with van der Waals surface area (Å²) in [7, 11) is 0. The van der Waals surface area contributed by atoms with E-state index >= 15 is 0 Å². The van der Waals surface area contributed by atoms with E-state index in [0.717, 1.165) is 41.8 Å². The number of amides is 1. The third kappa shape index (κ3) is 5.34. The van der Waals surface area contributed by atoms with Gasteiger partial charge in [-0.05, 0) is 57.4 Å². The molecule has 1 aromatic heterocycles. The molecule has 2 aromatic rings. The van der Waals surface area contributed by atoms with Crippen LogP contribution in [0.5, 0.6) is 0 Å². The molecule has 4 nitrogen and oxygen atoms in total. The number of nitriles is 1. The largest absolute Gasteiger partial charge is 0.325 e. The molecule has 0 aliphatic rings. The summed E-state index contributed by atoms with van der Waals surface area (Å²) in [6, 6.07) is 11.8. The Bertz CT molecular complexity index is 826. The molecule has 2 rings (SSSR count). The van der Waals surface area contributed by atoms with Gasteiger partial charge >= 0.3 is 0 Å². The molecule has 5 heteroatoms. The van der Waals surface area contributed by atoms with E-state index in [9.17, 15) is 10.1 Å². The number of rotatable bonds is 7. The molecule has 0 saturated heterocycles. The molecule has 1 N–H and O–H groups in total. The lowest BCUT2D eigenvalue weighted by atomic mass is 10.1. The van der Waals surface area contributed by atoms with Gasteiger partial charge in [0.25, 0.3) is 0 Å². The maximum Gasteiger partial charge on any atom is 0.237 e. The molecule has 0 fully saturated rings. The Morgan fingerprint density at radius 2 is 2.08 bits per heavy atom. The first-order valence-electron chi connectivity index (χ1n) is 8.89. The molecule has 0 bridgehead atoms. The van der Waals surface area contributed by atoms with Crippen LogP contribution < -0.4 is 5.32 Å². The zero-order valence-electron chi connectivity index (χ0n) is 15.8. The van der Waals surface area contributed by atoms with Gasteiger partial charge in [0.1, 0.15) is 11.1 Å². The fourth-order valence-corrected chi connectivity index (χ4v) is 3.47. The summed E-state index contributed by atoms with van der Waals surface area (Å²) in [6.45, 7) is 7.98. The van der Waals surface area contributed by atoms with Gasteiger partial charge in [-0.15, -0.1) is 0 Å². The predicted octanol–water partition coefficient (Wildman–Crippen LogP) is 5.03. The minimum Gasteiger partial charge on any atom is -0.325 e. The number of benzene rings is 1. The van der Waals surface area contributed by atoms with E-state index in [1.54, 1.807) is 6.07 Å². The van der Waals surface area contributed by atoms with Crippen LogP contribution in [-0.4, -0.2) is 16.1 Å². The Kier molecular flexibility index (Phi) is 7.23. The monoisotopic (exact) mass is 367 g/mol. The number of hydrogen-bond donors (Lipinski definition) is 1. The first-order valence-corrected chi connectivity index (χ1v) is 9.77. The summed E-state index contributed by atoms with van der Waals surface area (Å²) in [5.74, 6) is -0.0911. The molecule has 0 radical (unpaired) electrons. The van der Waals surface area contributed by atoms with Gasteiger partial charge in [0.2, 0.25) is 5.91 Å². The summed E-state index contributed by atoms with van der Waals surface area (Å²) < 4.78 is 0. The highest BCUT2D eigenvalue weighted by Crippen LogP contribution is 2.27. The van der Waals surface area contributed by atoms with E-state index in [2.05, 4.69) is 23.3 Å². The Hall–Kier alpha value is -2.32. The highest BCUT2D eigenvalue weighted by atomic mass is 32.2. The van der Waals surface area contributed by atoms with Crippen LogP contribution in [0.4, 0.5) is 5.69 Å². The number of thioether (sulfide) groups is 1. The SMILES string of the molecule is CCCCc1ccc(C#N)c(SC(C)C(=O)Nc2ccc(C)cc2C)n1. The molecular formula is C21H25N3OS. The third-order valence-corrected chi connectivity index (χ3v) is 5.22. The average molecular weight is 368 g/mol. The Balaban J connectivity index is 2.11. The van der Waals surface area contributed by atoms with E-state index in [4.69, 9.17) is 0 Å². The fourth-order valence-electron chi connectivity index (χ4n) is 2.56. The molecule has 1 amide bonds. The van der Waals surface area contributed by atoms with Gasteiger partial charge in [0.05, 0.1) is 10.8 Å². The lowest BCUT2D eigenvalue weighted by Crippen LogP contribution is -2.23. The van der Waals surface area contributed by atoms with Crippen molar-refractivity contribution in [2.45, 2.75) is 57.2 Å². The number of carbonyl (C=O) groups excluding carboxylic acids is 1. The van der Waals surface area contributed by atoms with E-state index in [1.165, 1.54) is 11.8 Å². The standard InChI is InChI=1S/C21H25N3OS/c1-5-6-7-18-10-9-17(13-22)21(23-18)26-16(4)20(25)24-19-11-8-14(2)12-15(19)3/h8-12,16H,5-7H2,1-4H3,(H,24,25). The topological polar surface area (TPSA) is 65.8 Å². The van der Waals surface area contributed by atoms with Crippen LogP contribution in [-0.2, 0) is 11.2 Å². The molecule has 1 aromatic carbocycles. The highest BCUT2D eigenvalue weighted by Gasteiger charge is 2.18. The molecular weight excluding hydrogens is 342 g/mol. The molecule has 1 unspecified atom stereocenters. The van der Waals surface area contributed by atoms with Crippen molar-refractivity contribution in [1.82, 2.24) is 4.98 Å². The van der Waals surface area contributed by atoms with Gasteiger partial charge in [0.15, 0.2) is 0 Å². The number of aromatic nitrogens is 1. The minimum atomic E-state index is -0.350. The highest BCUT2D eigenvalue weighted by molar-refractivity contribution is 8.00. The van der Waals surface area contributed by atoms with Crippen molar-refractivity contribution in [3.63, 3.8) is 0 Å². The van der Waals surface area contributed by atoms with Crippen LogP contribution in [0.2, 0.25) is 0 Å². The number of carbonyl (C=O) groups is 1. The molecule has 1 atom stereocenters. The van der Waals surface area contributed by atoms with Gasteiger partial charge in [-0.3, -0.25) is 4.79 Å². The first kappa shape index (κ1) is 20.0. The van der Waals surface area contributed by atoms with E-state index < -0.39 is 0 Å². The molecule has 136 valence electrons. The van der Waals surface area contributed by atoms with Crippen LogP contribution in [0.25, 0.3) is 0 Å². The van der Waals surface area contributed by atoms with Crippen LogP contribution in [0.15, 0.2) is 35.4 Å².